The number of halogens is 1. The van der Waals surface area contributed by atoms with E-state index in [1.807, 2.05) is 31.2 Å². The first-order valence-electron chi connectivity index (χ1n) is 5.45. The normalized spacial score (nSPS) is 23.9. The van der Waals surface area contributed by atoms with Crippen LogP contribution < -0.4 is 5.73 Å². The molecule has 2 N–H and O–H groups in total. The van der Waals surface area contributed by atoms with Gasteiger partial charge in [0.2, 0.25) is 0 Å². The van der Waals surface area contributed by atoms with Gasteiger partial charge in [0.15, 0.2) is 0 Å². The van der Waals surface area contributed by atoms with Crippen molar-refractivity contribution < 1.29 is 9.53 Å². The molecular weight excluding hydrogens is 284 g/mol. The third-order valence-corrected chi connectivity index (χ3v) is 3.36. The van der Waals surface area contributed by atoms with Crippen LogP contribution >= 0.6 is 15.9 Å². The SMILES string of the molecule is CC1(CN)CN(Cc2ccc(Br)cc2)C(=O)O1. The zero-order valence-electron chi connectivity index (χ0n) is 9.65. The molecule has 1 atom stereocenters. The smallest absolute Gasteiger partial charge is 0.410 e. The molecule has 1 amide bonds. The Labute approximate surface area is 109 Å². The Morgan fingerprint density at radius 1 is 1.47 bits per heavy atom. The summed E-state index contributed by atoms with van der Waals surface area (Å²) in [5.41, 5.74) is 6.12. The summed E-state index contributed by atoms with van der Waals surface area (Å²) in [6.45, 7) is 3.29. The number of carbonyl (C=O) groups is 1. The Morgan fingerprint density at radius 2 is 2.12 bits per heavy atom. The van der Waals surface area contributed by atoms with Crippen molar-refractivity contribution in [3.05, 3.63) is 34.3 Å². The molecule has 0 bridgehead atoms. The number of benzene rings is 1. The lowest BCUT2D eigenvalue weighted by molar-refractivity contribution is 0.0781. The Bertz CT molecular complexity index is 421. The van der Waals surface area contributed by atoms with Crippen molar-refractivity contribution in [1.29, 1.82) is 0 Å². The van der Waals surface area contributed by atoms with Crippen molar-refractivity contribution in [2.75, 3.05) is 13.1 Å². The van der Waals surface area contributed by atoms with Crippen LogP contribution in [0.5, 0.6) is 0 Å². The molecular formula is C12H15BrN2O2. The maximum atomic E-state index is 11.7. The predicted molar refractivity (Wildman–Crippen MR) is 68.5 cm³/mol. The summed E-state index contributed by atoms with van der Waals surface area (Å²) in [5, 5.41) is 0. The van der Waals surface area contributed by atoms with Gasteiger partial charge in [0.05, 0.1) is 6.54 Å². The summed E-state index contributed by atoms with van der Waals surface area (Å²) in [6, 6.07) is 7.88. The van der Waals surface area contributed by atoms with Crippen LogP contribution in [0.15, 0.2) is 28.7 Å². The maximum Gasteiger partial charge on any atom is 0.410 e. The van der Waals surface area contributed by atoms with Crippen LogP contribution in [0, 0.1) is 0 Å². The number of cyclic esters (lactones) is 1. The molecule has 5 heteroatoms. The summed E-state index contributed by atoms with van der Waals surface area (Å²) in [7, 11) is 0. The average Bonchev–Trinajstić information content (AvgIpc) is 2.58. The Hall–Kier alpha value is -1.07. The summed E-state index contributed by atoms with van der Waals surface area (Å²) in [6.07, 6.45) is -0.291. The molecule has 17 heavy (non-hydrogen) atoms. The third-order valence-electron chi connectivity index (χ3n) is 2.84. The minimum Gasteiger partial charge on any atom is -0.440 e. The van der Waals surface area contributed by atoms with Crippen molar-refractivity contribution in [2.45, 2.75) is 19.1 Å². The van der Waals surface area contributed by atoms with Crippen molar-refractivity contribution in [1.82, 2.24) is 4.90 Å². The second kappa shape index (κ2) is 4.66. The van der Waals surface area contributed by atoms with E-state index in [9.17, 15) is 4.79 Å². The number of amides is 1. The highest BCUT2D eigenvalue weighted by Crippen LogP contribution is 2.23. The van der Waals surface area contributed by atoms with Crippen LogP contribution in [-0.2, 0) is 11.3 Å². The lowest BCUT2D eigenvalue weighted by atomic mass is 10.1. The van der Waals surface area contributed by atoms with Gasteiger partial charge >= 0.3 is 6.09 Å². The van der Waals surface area contributed by atoms with Gasteiger partial charge in [-0.2, -0.15) is 0 Å². The molecule has 0 aliphatic carbocycles. The van der Waals surface area contributed by atoms with E-state index in [1.54, 1.807) is 4.90 Å². The number of nitrogens with zero attached hydrogens (tertiary/aromatic N) is 1. The predicted octanol–water partition coefficient (Wildman–Crippen LogP) is 2.12. The molecule has 1 saturated heterocycles. The van der Waals surface area contributed by atoms with E-state index in [2.05, 4.69) is 15.9 Å². The molecule has 92 valence electrons. The first-order valence-corrected chi connectivity index (χ1v) is 6.24. The Morgan fingerprint density at radius 3 is 2.65 bits per heavy atom. The Kier molecular flexibility index (Phi) is 3.40. The lowest BCUT2D eigenvalue weighted by Crippen LogP contribution is -2.38. The zero-order valence-corrected chi connectivity index (χ0v) is 11.2. The molecule has 0 spiro atoms. The highest BCUT2D eigenvalue weighted by atomic mass is 79.9. The molecule has 1 aromatic rings. The van der Waals surface area contributed by atoms with Crippen LogP contribution in [0.25, 0.3) is 0 Å². The maximum absolute atomic E-state index is 11.7. The van der Waals surface area contributed by atoms with Gasteiger partial charge in [-0.25, -0.2) is 4.79 Å². The van der Waals surface area contributed by atoms with Crippen molar-refractivity contribution >= 4 is 22.0 Å². The fourth-order valence-corrected chi connectivity index (χ4v) is 2.08. The quantitative estimate of drug-likeness (QED) is 0.930. The molecule has 1 fully saturated rings. The van der Waals surface area contributed by atoms with Gasteiger partial charge in [0.25, 0.3) is 0 Å². The molecule has 4 nitrogen and oxygen atoms in total. The van der Waals surface area contributed by atoms with Gasteiger partial charge in [-0.05, 0) is 24.6 Å². The average molecular weight is 299 g/mol. The van der Waals surface area contributed by atoms with Gasteiger partial charge in [0.1, 0.15) is 5.60 Å². The Balaban J connectivity index is 2.05. The number of carbonyl (C=O) groups excluding carboxylic acids is 1. The molecule has 1 unspecified atom stereocenters. The first-order chi connectivity index (χ1) is 8.02. The first kappa shape index (κ1) is 12.4. The van der Waals surface area contributed by atoms with Crippen LogP contribution in [-0.4, -0.2) is 29.7 Å². The summed E-state index contributed by atoms with van der Waals surface area (Å²) in [4.78, 5) is 13.3. The van der Waals surface area contributed by atoms with Gasteiger partial charge in [-0.3, -0.25) is 4.90 Å². The van der Waals surface area contributed by atoms with Crippen molar-refractivity contribution in [3.63, 3.8) is 0 Å². The second-order valence-corrected chi connectivity index (χ2v) is 5.42. The minimum absolute atomic E-state index is 0.291. The fraction of sp³-hybridized carbons (Fsp3) is 0.417. The molecule has 2 rings (SSSR count). The number of nitrogens with two attached hydrogens (primary N) is 1. The highest BCUT2D eigenvalue weighted by molar-refractivity contribution is 9.10. The molecule has 1 aromatic carbocycles. The third kappa shape index (κ3) is 2.79. The van der Waals surface area contributed by atoms with Crippen molar-refractivity contribution in [3.8, 4) is 0 Å². The largest absolute Gasteiger partial charge is 0.440 e. The van der Waals surface area contributed by atoms with E-state index < -0.39 is 5.60 Å². The molecule has 1 aliphatic rings. The molecule has 0 radical (unpaired) electrons. The molecule has 1 heterocycles. The van der Waals surface area contributed by atoms with Gasteiger partial charge in [-0.1, -0.05) is 28.1 Å². The second-order valence-electron chi connectivity index (χ2n) is 4.50. The molecule has 0 aromatic heterocycles. The van der Waals surface area contributed by atoms with Crippen LogP contribution in [0.2, 0.25) is 0 Å². The van der Waals surface area contributed by atoms with Crippen LogP contribution in [0.1, 0.15) is 12.5 Å². The summed E-state index contributed by atoms with van der Waals surface area (Å²) in [5.74, 6) is 0. The zero-order chi connectivity index (χ0) is 12.5. The van der Waals surface area contributed by atoms with Crippen LogP contribution in [0.3, 0.4) is 0 Å². The van der Waals surface area contributed by atoms with E-state index in [0.717, 1.165) is 10.0 Å². The van der Waals surface area contributed by atoms with E-state index in [-0.39, 0.29) is 6.09 Å². The van der Waals surface area contributed by atoms with Gasteiger partial charge in [-0.15, -0.1) is 0 Å². The minimum atomic E-state index is -0.549. The van der Waals surface area contributed by atoms with E-state index in [4.69, 9.17) is 10.5 Å². The van der Waals surface area contributed by atoms with E-state index >= 15 is 0 Å². The lowest BCUT2D eigenvalue weighted by Gasteiger charge is -2.19. The summed E-state index contributed by atoms with van der Waals surface area (Å²) < 4.78 is 6.28. The van der Waals surface area contributed by atoms with E-state index in [1.165, 1.54) is 0 Å². The van der Waals surface area contributed by atoms with E-state index in [0.29, 0.717) is 19.6 Å². The summed E-state index contributed by atoms with van der Waals surface area (Å²) >= 11 is 3.38. The number of hydrogen-bond acceptors (Lipinski definition) is 3. The topological polar surface area (TPSA) is 55.6 Å². The number of hydrogen-bond donors (Lipinski definition) is 1. The number of ether oxygens (including phenoxy) is 1. The molecule has 0 saturated carbocycles. The van der Waals surface area contributed by atoms with Gasteiger partial charge in [0, 0.05) is 17.6 Å². The standard InChI is InChI=1S/C12H15BrN2O2/c1-12(7-14)8-15(11(16)17-12)6-9-2-4-10(13)5-3-9/h2-5H,6-8,14H2,1H3. The van der Waals surface area contributed by atoms with Crippen molar-refractivity contribution in [2.24, 2.45) is 5.73 Å². The highest BCUT2D eigenvalue weighted by Gasteiger charge is 2.40. The van der Waals surface area contributed by atoms with Gasteiger partial charge < -0.3 is 10.5 Å². The molecule has 1 aliphatic heterocycles. The fourth-order valence-electron chi connectivity index (χ4n) is 1.81. The van der Waals surface area contributed by atoms with Crippen LogP contribution in [0.4, 0.5) is 4.79 Å². The number of rotatable bonds is 3. The monoisotopic (exact) mass is 298 g/mol.